The van der Waals surface area contributed by atoms with Gasteiger partial charge in [-0.2, -0.15) is 0 Å². The number of nitrogens with two attached hydrogens (primary N) is 1. The zero-order chi connectivity index (χ0) is 13.8. The highest BCUT2D eigenvalue weighted by Gasteiger charge is 2.22. The average molecular weight is 325 g/mol. The summed E-state index contributed by atoms with van der Waals surface area (Å²) in [5.41, 5.74) is 7.10. The van der Waals surface area contributed by atoms with Crippen LogP contribution in [0.1, 0.15) is 6.42 Å². The third-order valence-electron chi connectivity index (χ3n) is 3.43. The minimum absolute atomic E-state index is 0.595. The quantitative estimate of drug-likeness (QED) is 0.684. The molecule has 0 amide bonds. The second-order valence-electron chi connectivity index (χ2n) is 5.17. The first-order valence-electron chi connectivity index (χ1n) is 6.54. The van der Waals surface area contributed by atoms with Crippen molar-refractivity contribution in [2.24, 2.45) is 16.6 Å². The Morgan fingerprint density at radius 1 is 1.53 bits per heavy atom. The van der Waals surface area contributed by atoms with Crippen LogP contribution in [-0.4, -0.2) is 44.6 Å². The molecule has 1 fully saturated rings. The molecule has 0 unspecified atom stereocenters. The van der Waals surface area contributed by atoms with Crippen LogP contribution in [0.25, 0.3) is 0 Å². The molecular formula is C14H21BrN4. The maximum absolute atomic E-state index is 5.82. The van der Waals surface area contributed by atoms with Gasteiger partial charge in [0.15, 0.2) is 5.96 Å². The van der Waals surface area contributed by atoms with Gasteiger partial charge in [-0.05, 0) is 30.5 Å². The smallest absolute Gasteiger partial charge is 0.190 e. The average Bonchev–Trinajstić information content (AvgIpc) is 2.84. The predicted molar refractivity (Wildman–Crippen MR) is 84.6 cm³/mol. The maximum Gasteiger partial charge on any atom is 0.190 e. The number of guanidine groups is 1. The predicted octanol–water partition coefficient (Wildman–Crippen LogP) is 2.15. The number of nitrogens with zero attached hydrogens (tertiary/aromatic N) is 3. The molecule has 1 aliphatic heterocycles. The lowest BCUT2D eigenvalue weighted by Crippen LogP contribution is -2.31. The maximum atomic E-state index is 5.82. The van der Waals surface area contributed by atoms with E-state index in [1.54, 1.807) is 0 Å². The fourth-order valence-corrected chi connectivity index (χ4v) is 2.64. The lowest BCUT2D eigenvalue weighted by Gasteiger charge is -2.18. The number of rotatable bonds is 3. The van der Waals surface area contributed by atoms with Crippen molar-refractivity contribution in [2.75, 3.05) is 38.6 Å². The fraction of sp³-hybridized carbons (Fsp3) is 0.500. The molecular weight excluding hydrogens is 304 g/mol. The topological polar surface area (TPSA) is 44.9 Å². The van der Waals surface area contributed by atoms with Gasteiger partial charge in [0.2, 0.25) is 0 Å². The lowest BCUT2D eigenvalue weighted by atomic mass is 10.1. The van der Waals surface area contributed by atoms with Gasteiger partial charge < -0.3 is 15.5 Å². The highest BCUT2D eigenvalue weighted by molar-refractivity contribution is 9.10. The third-order valence-corrected chi connectivity index (χ3v) is 3.92. The Kier molecular flexibility index (Phi) is 4.69. The first kappa shape index (κ1) is 14.2. The Balaban J connectivity index is 1.92. The van der Waals surface area contributed by atoms with Crippen molar-refractivity contribution >= 4 is 27.6 Å². The highest BCUT2D eigenvalue weighted by atomic mass is 79.9. The van der Waals surface area contributed by atoms with Crippen LogP contribution in [-0.2, 0) is 0 Å². The van der Waals surface area contributed by atoms with Crippen molar-refractivity contribution in [1.82, 2.24) is 4.90 Å². The monoisotopic (exact) mass is 324 g/mol. The molecule has 1 aliphatic rings. The zero-order valence-corrected chi connectivity index (χ0v) is 13.1. The van der Waals surface area contributed by atoms with Crippen molar-refractivity contribution in [3.05, 3.63) is 28.7 Å². The third kappa shape index (κ3) is 3.86. The Hall–Kier alpha value is -1.23. The van der Waals surface area contributed by atoms with E-state index < -0.39 is 0 Å². The molecule has 1 aromatic carbocycles. The highest BCUT2D eigenvalue weighted by Crippen LogP contribution is 2.26. The van der Waals surface area contributed by atoms with Crippen LogP contribution in [0.2, 0.25) is 0 Å². The van der Waals surface area contributed by atoms with E-state index in [9.17, 15) is 0 Å². The van der Waals surface area contributed by atoms with Crippen molar-refractivity contribution in [2.45, 2.75) is 6.42 Å². The second kappa shape index (κ2) is 6.28. The summed E-state index contributed by atoms with van der Waals surface area (Å²) in [5.74, 6) is 1.21. The largest absolute Gasteiger partial charge is 0.371 e. The fourth-order valence-electron chi connectivity index (χ4n) is 2.25. The molecule has 1 aromatic rings. The summed E-state index contributed by atoms with van der Waals surface area (Å²) in [6, 6.07) is 8.46. The Labute approximate surface area is 123 Å². The first-order chi connectivity index (χ1) is 9.06. The summed E-state index contributed by atoms with van der Waals surface area (Å²) in [4.78, 5) is 8.70. The molecule has 0 bridgehead atoms. The van der Waals surface area contributed by atoms with Crippen molar-refractivity contribution in [3.8, 4) is 0 Å². The van der Waals surface area contributed by atoms with Crippen molar-refractivity contribution in [3.63, 3.8) is 0 Å². The molecule has 104 valence electrons. The number of hydrogen-bond donors (Lipinski definition) is 1. The van der Waals surface area contributed by atoms with Gasteiger partial charge in [0.1, 0.15) is 0 Å². The van der Waals surface area contributed by atoms with E-state index >= 15 is 0 Å². The summed E-state index contributed by atoms with van der Waals surface area (Å²) in [6.45, 7) is 2.97. The molecule has 0 saturated carbocycles. The molecule has 2 rings (SSSR count). The Morgan fingerprint density at radius 2 is 2.32 bits per heavy atom. The van der Waals surface area contributed by atoms with E-state index in [0.717, 1.165) is 24.1 Å². The summed E-state index contributed by atoms with van der Waals surface area (Å²) in [7, 11) is 3.84. The normalized spacial score (nSPS) is 19.8. The van der Waals surface area contributed by atoms with Crippen LogP contribution in [0, 0.1) is 5.92 Å². The van der Waals surface area contributed by atoms with Gasteiger partial charge in [-0.15, -0.1) is 0 Å². The zero-order valence-electron chi connectivity index (χ0n) is 11.5. The molecule has 4 nitrogen and oxygen atoms in total. The van der Waals surface area contributed by atoms with Crippen LogP contribution in [0.15, 0.2) is 33.7 Å². The Bertz CT molecular complexity index is 459. The van der Waals surface area contributed by atoms with E-state index in [1.807, 2.05) is 19.0 Å². The van der Waals surface area contributed by atoms with Crippen molar-refractivity contribution < 1.29 is 0 Å². The summed E-state index contributed by atoms with van der Waals surface area (Å²) in [6.07, 6.45) is 1.18. The second-order valence-corrected chi connectivity index (χ2v) is 6.09. The van der Waals surface area contributed by atoms with Gasteiger partial charge in [-0.25, -0.2) is 0 Å². The number of benzene rings is 1. The summed E-state index contributed by atoms with van der Waals surface area (Å²) >= 11 is 3.52. The number of halogens is 1. The summed E-state index contributed by atoms with van der Waals surface area (Å²) < 4.78 is 1.13. The van der Waals surface area contributed by atoms with Gasteiger partial charge in [-0.3, -0.25) is 4.99 Å². The van der Waals surface area contributed by atoms with E-state index in [-0.39, 0.29) is 0 Å². The van der Waals surface area contributed by atoms with Crippen LogP contribution >= 0.6 is 15.9 Å². The van der Waals surface area contributed by atoms with E-state index in [2.05, 4.69) is 50.1 Å². The molecule has 0 radical (unpaired) electrons. The lowest BCUT2D eigenvalue weighted by molar-refractivity contribution is 0.574. The number of hydrogen-bond acceptors (Lipinski definition) is 2. The minimum atomic E-state index is 0.595. The van der Waals surface area contributed by atoms with Crippen LogP contribution in [0.3, 0.4) is 0 Å². The molecule has 0 aromatic heterocycles. The molecule has 1 saturated heterocycles. The van der Waals surface area contributed by atoms with Gasteiger partial charge in [0.25, 0.3) is 0 Å². The van der Waals surface area contributed by atoms with Gasteiger partial charge in [-0.1, -0.05) is 22.0 Å². The molecule has 5 heteroatoms. The van der Waals surface area contributed by atoms with Gasteiger partial charge in [0.05, 0.1) is 0 Å². The molecule has 0 spiro atoms. The molecule has 1 atom stereocenters. The molecule has 2 N–H and O–H groups in total. The SMILES string of the molecule is CN(C)C(N)=NC[C@H]1CCN(c2cccc(Br)c2)C1. The Morgan fingerprint density at radius 3 is 3.00 bits per heavy atom. The van der Waals surface area contributed by atoms with E-state index in [4.69, 9.17) is 5.73 Å². The van der Waals surface area contributed by atoms with Crippen molar-refractivity contribution in [1.29, 1.82) is 0 Å². The standard InChI is InChI=1S/C14H21BrN4/c1-18(2)14(16)17-9-11-6-7-19(10-11)13-5-3-4-12(15)8-13/h3-5,8,11H,6-7,9-10H2,1-2H3,(H2,16,17)/t11-/m1/s1. The first-order valence-corrected chi connectivity index (χ1v) is 7.33. The van der Waals surface area contributed by atoms with Crippen LogP contribution in [0.5, 0.6) is 0 Å². The van der Waals surface area contributed by atoms with Crippen LogP contribution < -0.4 is 10.6 Å². The van der Waals surface area contributed by atoms with Gasteiger partial charge in [0, 0.05) is 43.9 Å². The molecule has 19 heavy (non-hydrogen) atoms. The van der Waals surface area contributed by atoms with Crippen LogP contribution in [0.4, 0.5) is 5.69 Å². The summed E-state index contributed by atoms with van der Waals surface area (Å²) in [5, 5.41) is 0. The molecule has 1 heterocycles. The van der Waals surface area contributed by atoms with E-state index in [0.29, 0.717) is 11.9 Å². The van der Waals surface area contributed by atoms with E-state index in [1.165, 1.54) is 12.1 Å². The van der Waals surface area contributed by atoms with Gasteiger partial charge >= 0.3 is 0 Å². The number of anilines is 1. The molecule has 0 aliphatic carbocycles. The minimum Gasteiger partial charge on any atom is -0.371 e. The number of aliphatic imine (C=N–C) groups is 1.